The van der Waals surface area contributed by atoms with Crippen molar-refractivity contribution in [3.8, 4) is 0 Å². The van der Waals surface area contributed by atoms with Crippen molar-refractivity contribution in [3.05, 3.63) is 32.6 Å². The van der Waals surface area contributed by atoms with E-state index < -0.39 is 42.2 Å². The van der Waals surface area contributed by atoms with Gasteiger partial charge in [-0.15, -0.1) is 0 Å². The van der Waals surface area contributed by atoms with Gasteiger partial charge < -0.3 is 5.32 Å². The highest BCUT2D eigenvalue weighted by molar-refractivity contribution is 5.93. The average molecular weight is 307 g/mol. The minimum atomic E-state index is -4.57. The van der Waals surface area contributed by atoms with Crippen LogP contribution in [0.4, 0.5) is 13.2 Å². The van der Waals surface area contributed by atoms with E-state index in [-0.39, 0.29) is 5.56 Å². The van der Waals surface area contributed by atoms with Crippen molar-refractivity contribution in [2.75, 3.05) is 6.54 Å². The number of nitrogens with one attached hydrogen (secondary N) is 1. The molecule has 0 aromatic carbocycles. The summed E-state index contributed by atoms with van der Waals surface area (Å²) in [5, 5.41) is 1.59. The maximum absolute atomic E-state index is 11.9. The highest BCUT2D eigenvalue weighted by atomic mass is 19.4. The smallest absolute Gasteiger partial charge is 0.345 e. The van der Waals surface area contributed by atoms with Gasteiger partial charge in [0.2, 0.25) is 5.91 Å². The summed E-state index contributed by atoms with van der Waals surface area (Å²) in [5.41, 5.74) is -2.08. The molecular formula is C11H12F3N3O4. The van der Waals surface area contributed by atoms with Crippen LogP contribution in [0.15, 0.2) is 15.8 Å². The van der Waals surface area contributed by atoms with E-state index in [2.05, 4.69) is 0 Å². The standard InChI is InChI=1S/C11H12F3N3O4/c1-6(18)7-3-17(10(21)16(2)9(7)20)4-8(19)15-5-11(12,13)14/h3H,4-5H2,1-2H3,(H,15,19). The van der Waals surface area contributed by atoms with Crippen LogP contribution >= 0.6 is 0 Å². The molecule has 1 N–H and O–H groups in total. The molecule has 1 amide bonds. The third-order valence-electron chi connectivity index (χ3n) is 2.53. The number of carbonyl (C=O) groups excluding carboxylic acids is 2. The summed E-state index contributed by atoms with van der Waals surface area (Å²) in [6, 6.07) is 0. The van der Waals surface area contributed by atoms with E-state index >= 15 is 0 Å². The molecule has 0 saturated heterocycles. The molecule has 10 heteroatoms. The number of halogens is 3. The number of carbonyl (C=O) groups is 2. The number of amides is 1. The molecule has 1 heterocycles. The Labute approximate surface area is 116 Å². The first kappa shape index (κ1) is 16.7. The fourth-order valence-electron chi connectivity index (χ4n) is 1.49. The van der Waals surface area contributed by atoms with Crippen molar-refractivity contribution in [2.45, 2.75) is 19.6 Å². The summed E-state index contributed by atoms with van der Waals surface area (Å²) in [6.07, 6.45) is -3.71. The van der Waals surface area contributed by atoms with Crippen molar-refractivity contribution in [1.82, 2.24) is 14.5 Å². The number of hydrogen-bond donors (Lipinski definition) is 1. The molecule has 7 nitrogen and oxygen atoms in total. The Morgan fingerprint density at radius 3 is 2.33 bits per heavy atom. The molecule has 0 fully saturated rings. The van der Waals surface area contributed by atoms with E-state index in [1.165, 1.54) is 0 Å². The molecular weight excluding hydrogens is 295 g/mol. The van der Waals surface area contributed by atoms with Gasteiger partial charge in [0.1, 0.15) is 13.1 Å². The van der Waals surface area contributed by atoms with Crippen LogP contribution in [-0.4, -0.2) is 33.5 Å². The Hall–Kier alpha value is -2.39. The summed E-state index contributed by atoms with van der Waals surface area (Å²) < 4.78 is 37.1. The van der Waals surface area contributed by atoms with Gasteiger partial charge in [-0.3, -0.25) is 23.5 Å². The zero-order valence-corrected chi connectivity index (χ0v) is 11.2. The summed E-state index contributed by atoms with van der Waals surface area (Å²) in [4.78, 5) is 45.9. The third-order valence-corrected chi connectivity index (χ3v) is 2.53. The summed E-state index contributed by atoms with van der Waals surface area (Å²) >= 11 is 0. The highest BCUT2D eigenvalue weighted by Gasteiger charge is 2.27. The molecule has 116 valence electrons. The Bertz CT molecular complexity index is 687. The van der Waals surface area contributed by atoms with E-state index in [0.717, 1.165) is 20.2 Å². The van der Waals surface area contributed by atoms with Crippen LogP contribution in [-0.2, 0) is 18.4 Å². The second-order valence-corrected chi connectivity index (χ2v) is 4.27. The van der Waals surface area contributed by atoms with Crippen LogP contribution in [0.1, 0.15) is 17.3 Å². The number of hydrogen-bond acceptors (Lipinski definition) is 4. The van der Waals surface area contributed by atoms with Crippen molar-refractivity contribution in [3.63, 3.8) is 0 Å². The van der Waals surface area contributed by atoms with Crippen LogP contribution in [0.25, 0.3) is 0 Å². The largest absolute Gasteiger partial charge is 0.405 e. The maximum atomic E-state index is 11.9. The molecule has 21 heavy (non-hydrogen) atoms. The number of Topliss-reactive ketones (excluding diaryl/α,β-unsaturated/α-hetero) is 1. The average Bonchev–Trinajstić information content (AvgIpc) is 2.36. The van der Waals surface area contributed by atoms with Gasteiger partial charge in [-0.25, -0.2) is 4.79 Å². The van der Waals surface area contributed by atoms with Gasteiger partial charge in [-0.05, 0) is 6.92 Å². The number of ketones is 1. The van der Waals surface area contributed by atoms with Crippen molar-refractivity contribution in [2.24, 2.45) is 7.05 Å². The summed E-state index contributed by atoms with van der Waals surface area (Å²) in [7, 11) is 1.10. The number of aromatic nitrogens is 2. The molecule has 0 atom stereocenters. The van der Waals surface area contributed by atoms with E-state index in [0.29, 0.717) is 9.13 Å². The second-order valence-electron chi connectivity index (χ2n) is 4.27. The van der Waals surface area contributed by atoms with Crippen LogP contribution in [0.2, 0.25) is 0 Å². The monoisotopic (exact) mass is 307 g/mol. The first-order valence-electron chi connectivity index (χ1n) is 5.68. The minimum absolute atomic E-state index is 0.333. The van der Waals surface area contributed by atoms with Crippen LogP contribution in [0.3, 0.4) is 0 Å². The molecule has 1 aromatic heterocycles. The molecule has 0 saturated carbocycles. The lowest BCUT2D eigenvalue weighted by molar-refractivity contribution is -0.138. The first-order chi connectivity index (χ1) is 9.53. The normalized spacial score (nSPS) is 11.3. The molecule has 0 unspecified atom stereocenters. The first-order valence-corrected chi connectivity index (χ1v) is 5.68. The maximum Gasteiger partial charge on any atom is 0.405 e. The fourth-order valence-corrected chi connectivity index (χ4v) is 1.49. The minimum Gasteiger partial charge on any atom is -0.345 e. The van der Waals surface area contributed by atoms with Gasteiger partial charge in [-0.2, -0.15) is 13.2 Å². The fraction of sp³-hybridized carbons (Fsp3) is 0.455. The van der Waals surface area contributed by atoms with Crippen LogP contribution in [0.5, 0.6) is 0 Å². The van der Waals surface area contributed by atoms with Gasteiger partial charge in [0.25, 0.3) is 5.56 Å². The van der Waals surface area contributed by atoms with E-state index in [1.807, 2.05) is 0 Å². The van der Waals surface area contributed by atoms with Gasteiger partial charge in [-0.1, -0.05) is 0 Å². The van der Waals surface area contributed by atoms with E-state index in [1.54, 1.807) is 5.32 Å². The van der Waals surface area contributed by atoms with Crippen molar-refractivity contribution in [1.29, 1.82) is 0 Å². The lowest BCUT2D eigenvalue weighted by Crippen LogP contribution is -2.43. The lowest BCUT2D eigenvalue weighted by atomic mass is 10.2. The predicted octanol–water partition coefficient (Wildman–Crippen LogP) is -0.572. The van der Waals surface area contributed by atoms with Crippen LogP contribution < -0.4 is 16.6 Å². The van der Waals surface area contributed by atoms with Gasteiger partial charge in [0.15, 0.2) is 5.78 Å². The van der Waals surface area contributed by atoms with E-state index in [9.17, 15) is 32.3 Å². The third kappa shape index (κ3) is 4.29. The van der Waals surface area contributed by atoms with E-state index in [4.69, 9.17) is 0 Å². The number of alkyl halides is 3. The lowest BCUT2D eigenvalue weighted by Gasteiger charge is -2.11. The predicted molar refractivity (Wildman–Crippen MR) is 65.0 cm³/mol. The SMILES string of the molecule is CC(=O)c1cn(CC(=O)NCC(F)(F)F)c(=O)n(C)c1=O. The summed E-state index contributed by atoms with van der Waals surface area (Å²) in [6.45, 7) is -1.18. The topological polar surface area (TPSA) is 90.2 Å². The van der Waals surface area contributed by atoms with Gasteiger partial charge in [0, 0.05) is 13.2 Å². The number of rotatable bonds is 4. The van der Waals surface area contributed by atoms with Crippen molar-refractivity contribution >= 4 is 11.7 Å². The molecule has 1 rings (SSSR count). The van der Waals surface area contributed by atoms with Gasteiger partial charge >= 0.3 is 11.9 Å². The molecule has 1 aromatic rings. The molecule has 0 radical (unpaired) electrons. The van der Waals surface area contributed by atoms with Crippen molar-refractivity contribution < 1.29 is 22.8 Å². The Morgan fingerprint density at radius 2 is 1.86 bits per heavy atom. The molecule has 0 aliphatic carbocycles. The molecule has 0 spiro atoms. The molecule has 0 aliphatic heterocycles. The number of nitrogens with zero attached hydrogens (tertiary/aromatic N) is 2. The molecule has 0 bridgehead atoms. The second kappa shape index (κ2) is 5.94. The summed E-state index contributed by atoms with van der Waals surface area (Å²) in [5.74, 6) is -1.69. The zero-order chi connectivity index (χ0) is 16.4. The Kier molecular flexibility index (Phi) is 4.71. The Morgan fingerprint density at radius 1 is 1.29 bits per heavy atom. The highest BCUT2D eigenvalue weighted by Crippen LogP contribution is 2.11. The molecule has 0 aliphatic rings. The van der Waals surface area contributed by atoms with Crippen LogP contribution in [0, 0.1) is 0 Å². The van der Waals surface area contributed by atoms with Gasteiger partial charge in [0.05, 0.1) is 5.56 Å². The quantitative estimate of drug-likeness (QED) is 0.754. The zero-order valence-electron chi connectivity index (χ0n) is 11.2. The Balaban J connectivity index is 3.04.